The van der Waals surface area contributed by atoms with Crippen molar-refractivity contribution in [2.75, 3.05) is 0 Å². The van der Waals surface area contributed by atoms with Crippen LogP contribution in [0.1, 0.15) is 59.3 Å². The Kier molecular flexibility index (Phi) is 3.12. The monoisotopic (exact) mass is 209 g/mol. The molecule has 2 aliphatic rings. The standard InChI is InChI=1S/C14H27N/c1-14(2,3)13-8-7-11(15)9-12(13)10-5-4-6-10/h10-13H,4-9,15H2,1-3H3. The molecule has 0 aromatic heterocycles. The van der Waals surface area contributed by atoms with Crippen LogP contribution < -0.4 is 5.73 Å². The Hall–Kier alpha value is -0.0400. The molecule has 0 spiro atoms. The molecule has 0 saturated heterocycles. The van der Waals surface area contributed by atoms with E-state index in [2.05, 4.69) is 20.8 Å². The average molecular weight is 209 g/mol. The van der Waals surface area contributed by atoms with E-state index in [4.69, 9.17) is 5.73 Å². The maximum absolute atomic E-state index is 6.15. The molecule has 1 nitrogen and oxygen atoms in total. The molecule has 0 aromatic carbocycles. The first-order valence-corrected chi connectivity index (χ1v) is 6.74. The van der Waals surface area contributed by atoms with Gasteiger partial charge in [-0.3, -0.25) is 0 Å². The summed E-state index contributed by atoms with van der Waals surface area (Å²) >= 11 is 0. The van der Waals surface area contributed by atoms with Crippen molar-refractivity contribution in [1.82, 2.24) is 0 Å². The lowest BCUT2D eigenvalue weighted by Crippen LogP contribution is -2.43. The van der Waals surface area contributed by atoms with Crippen LogP contribution in [0.3, 0.4) is 0 Å². The number of hydrogen-bond donors (Lipinski definition) is 1. The predicted molar refractivity (Wildman–Crippen MR) is 65.6 cm³/mol. The summed E-state index contributed by atoms with van der Waals surface area (Å²) in [7, 11) is 0. The van der Waals surface area contributed by atoms with Crippen LogP contribution in [0.4, 0.5) is 0 Å². The molecular weight excluding hydrogens is 182 g/mol. The van der Waals surface area contributed by atoms with E-state index in [1.165, 1.54) is 38.5 Å². The lowest BCUT2D eigenvalue weighted by atomic mass is 9.58. The molecule has 2 rings (SSSR count). The third-order valence-electron chi connectivity index (χ3n) is 4.81. The van der Waals surface area contributed by atoms with Gasteiger partial charge >= 0.3 is 0 Å². The normalized spacial score (nSPS) is 38.8. The van der Waals surface area contributed by atoms with Crippen molar-refractivity contribution in [3.63, 3.8) is 0 Å². The van der Waals surface area contributed by atoms with E-state index in [1.807, 2.05) is 0 Å². The van der Waals surface area contributed by atoms with Crippen LogP contribution in [-0.4, -0.2) is 6.04 Å². The van der Waals surface area contributed by atoms with Crippen molar-refractivity contribution in [1.29, 1.82) is 0 Å². The molecule has 2 aliphatic carbocycles. The molecule has 0 aliphatic heterocycles. The molecule has 2 N–H and O–H groups in total. The Morgan fingerprint density at radius 3 is 2.13 bits per heavy atom. The van der Waals surface area contributed by atoms with Crippen molar-refractivity contribution in [2.45, 2.75) is 65.3 Å². The smallest absolute Gasteiger partial charge is 0.00417 e. The second-order valence-electron chi connectivity index (χ2n) is 6.90. The van der Waals surface area contributed by atoms with Crippen LogP contribution in [0.5, 0.6) is 0 Å². The number of hydrogen-bond acceptors (Lipinski definition) is 1. The quantitative estimate of drug-likeness (QED) is 0.702. The predicted octanol–water partition coefficient (Wildman–Crippen LogP) is 3.58. The first-order chi connectivity index (χ1) is 6.98. The Morgan fingerprint density at radius 2 is 1.67 bits per heavy atom. The highest BCUT2D eigenvalue weighted by molar-refractivity contribution is 4.93. The summed E-state index contributed by atoms with van der Waals surface area (Å²) in [6, 6.07) is 0.495. The van der Waals surface area contributed by atoms with Gasteiger partial charge in [0.05, 0.1) is 0 Å². The summed E-state index contributed by atoms with van der Waals surface area (Å²) in [5.74, 6) is 2.87. The van der Waals surface area contributed by atoms with E-state index in [0.717, 1.165) is 17.8 Å². The first kappa shape index (κ1) is 11.4. The maximum Gasteiger partial charge on any atom is 0.00417 e. The fraction of sp³-hybridized carbons (Fsp3) is 1.00. The summed E-state index contributed by atoms with van der Waals surface area (Å²) in [6.07, 6.45) is 8.34. The molecule has 88 valence electrons. The zero-order valence-corrected chi connectivity index (χ0v) is 10.6. The second kappa shape index (κ2) is 4.08. The van der Waals surface area contributed by atoms with Crippen LogP contribution in [0.2, 0.25) is 0 Å². The van der Waals surface area contributed by atoms with Gasteiger partial charge in [0.1, 0.15) is 0 Å². The highest BCUT2D eigenvalue weighted by Gasteiger charge is 2.41. The van der Waals surface area contributed by atoms with E-state index >= 15 is 0 Å². The fourth-order valence-electron chi connectivity index (χ4n) is 3.70. The van der Waals surface area contributed by atoms with Gasteiger partial charge in [0.15, 0.2) is 0 Å². The third-order valence-corrected chi connectivity index (χ3v) is 4.81. The van der Waals surface area contributed by atoms with Crippen molar-refractivity contribution in [2.24, 2.45) is 28.9 Å². The number of rotatable bonds is 1. The summed E-state index contributed by atoms with van der Waals surface area (Å²) in [5.41, 5.74) is 6.63. The summed E-state index contributed by atoms with van der Waals surface area (Å²) in [6.45, 7) is 7.25. The molecule has 0 amide bonds. The van der Waals surface area contributed by atoms with Gasteiger partial charge in [-0.1, -0.05) is 40.0 Å². The topological polar surface area (TPSA) is 26.0 Å². The van der Waals surface area contributed by atoms with Gasteiger partial charge in [-0.25, -0.2) is 0 Å². The Bertz CT molecular complexity index is 212. The minimum atomic E-state index is 0.487. The number of nitrogens with two attached hydrogens (primary N) is 1. The fourth-order valence-corrected chi connectivity index (χ4v) is 3.70. The van der Waals surface area contributed by atoms with Crippen molar-refractivity contribution < 1.29 is 0 Å². The largest absolute Gasteiger partial charge is 0.328 e. The van der Waals surface area contributed by atoms with E-state index < -0.39 is 0 Å². The van der Waals surface area contributed by atoms with E-state index in [0.29, 0.717) is 11.5 Å². The van der Waals surface area contributed by atoms with Gasteiger partial charge in [0, 0.05) is 6.04 Å². The average Bonchev–Trinajstić information content (AvgIpc) is 1.98. The maximum atomic E-state index is 6.15. The summed E-state index contributed by atoms with van der Waals surface area (Å²) in [5, 5.41) is 0. The lowest BCUT2D eigenvalue weighted by Gasteiger charge is -2.48. The van der Waals surface area contributed by atoms with Gasteiger partial charge in [0.2, 0.25) is 0 Å². The highest BCUT2D eigenvalue weighted by Crippen LogP contribution is 2.49. The van der Waals surface area contributed by atoms with Crippen LogP contribution in [0.15, 0.2) is 0 Å². The molecule has 0 aromatic rings. The van der Waals surface area contributed by atoms with Crippen LogP contribution >= 0.6 is 0 Å². The minimum Gasteiger partial charge on any atom is -0.328 e. The Balaban J connectivity index is 2.06. The van der Waals surface area contributed by atoms with Gasteiger partial charge < -0.3 is 5.73 Å². The van der Waals surface area contributed by atoms with Crippen LogP contribution in [0, 0.1) is 23.2 Å². The second-order valence-corrected chi connectivity index (χ2v) is 6.90. The van der Waals surface area contributed by atoms with Crippen LogP contribution in [-0.2, 0) is 0 Å². The third kappa shape index (κ3) is 2.38. The summed E-state index contributed by atoms with van der Waals surface area (Å²) in [4.78, 5) is 0. The molecule has 2 fully saturated rings. The van der Waals surface area contributed by atoms with Gasteiger partial charge in [-0.05, 0) is 42.4 Å². The van der Waals surface area contributed by atoms with E-state index in [1.54, 1.807) is 0 Å². The zero-order chi connectivity index (χ0) is 11.1. The molecule has 0 bridgehead atoms. The van der Waals surface area contributed by atoms with E-state index in [9.17, 15) is 0 Å². The Labute approximate surface area is 94.8 Å². The molecule has 2 saturated carbocycles. The minimum absolute atomic E-state index is 0.487. The lowest BCUT2D eigenvalue weighted by molar-refractivity contribution is 0.0282. The van der Waals surface area contributed by atoms with Crippen molar-refractivity contribution in [3.8, 4) is 0 Å². The highest BCUT2D eigenvalue weighted by atomic mass is 14.7. The molecule has 0 radical (unpaired) electrons. The molecule has 1 heteroatoms. The molecular formula is C14H27N. The van der Waals surface area contributed by atoms with Gasteiger partial charge in [-0.2, -0.15) is 0 Å². The molecule has 0 heterocycles. The molecule has 3 atom stereocenters. The van der Waals surface area contributed by atoms with Gasteiger partial charge in [0.25, 0.3) is 0 Å². The van der Waals surface area contributed by atoms with Crippen LogP contribution in [0.25, 0.3) is 0 Å². The Morgan fingerprint density at radius 1 is 1.00 bits per heavy atom. The first-order valence-electron chi connectivity index (χ1n) is 6.74. The molecule has 15 heavy (non-hydrogen) atoms. The van der Waals surface area contributed by atoms with Crippen molar-refractivity contribution in [3.05, 3.63) is 0 Å². The zero-order valence-electron chi connectivity index (χ0n) is 10.6. The molecule has 3 unspecified atom stereocenters. The van der Waals surface area contributed by atoms with E-state index in [-0.39, 0.29) is 0 Å². The summed E-state index contributed by atoms with van der Waals surface area (Å²) < 4.78 is 0. The van der Waals surface area contributed by atoms with Crippen molar-refractivity contribution >= 4 is 0 Å². The SMILES string of the molecule is CC(C)(C)C1CCC(N)CC1C1CCC1. The van der Waals surface area contributed by atoms with Gasteiger partial charge in [-0.15, -0.1) is 0 Å².